The second-order valence-corrected chi connectivity index (χ2v) is 5.86. The summed E-state index contributed by atoms with van der Waals surface area (Å²) in [6.45, 7) is 3.43. The Hall–Kier alpha value is -2.30. The monoisotopic (exact) mass is 288 g/mol. The van der Waals surface area contributed by atoms with E-state index in [0.717, 1.165) is 16.5 Å². The minimum absolute atomic E-state index is 0.0914. The molecule has 3 N–H and O–H groups in total. The Labute approximate surface area is 123 Å². The predicted octanol–water partition coefficient (Wildman–Crippen LogP) is 2.47. The summed E-state index contributed by atoms with van der Waals surface area (Å²) >= 11 is 0. The van der Waals surface area contributed by atoms with Crippen molar-refractivity contribution in [1.82, 2.24) is 10.3 Å². The number of benzene rings is 1. The normalized spacial score (nSPS) is 11.5. The molecule has 0 saturated carbocycles. The standard InChI is InChI=1S/C16H20N2O3/c1-16(2,9-15(20)21)18-14(19)8-7-11-10-17-13-6-4-3-5-12(11)13/h3-6,10,17H,7-9H2,1-2H3,(H,18,19)(H,20,21). The fraction of sp³-hybridized carbons (Fsp3) is 0.375. The molecule has 0 unspecified atom stereocenters. The number of para-hydroxylation sites is 1. The zero-order chi connectivity index (χ0) is 15.5. The molecule has 0 spiro atoms. The van der Waals surface area contributed by atoms with Crippen molar-refractivity contribution in [3.8, 4) is 0 Å². The van der Waals surface area contributed by atoms with Crippen molar-refractivity contribution >= 4 is 22.8 Å². The first-order valence-electron chi connectivity index (χ1n) is 6.95. The highest BCUT2D eigenvalue weighted by atomic mass is 16.4. The largest absolute Gasteiger partial charge is 0.481 e. The van der Waals surface area contributed by atoms with E-state index in [1.165, 1.54) is 0 Å². The zero-order valence-corrected chi connectivity index (χ0v) is 12.3. The maximum Gasteiger partial charge on any atom is 0.305 e. The Balaban J connectivity index is 1.94. The van der Waals surface area contributed by atoms with E-state index in [0.29, 0.717) is 12.8 Å². The van der Waals surface area contributed by atoms with Crippen LogP contribution in [0.5, 0.6) is 0 Å². The number of carbonyl (C=O) groups is 2. The zero-order valence-electron chi connectivity index (χ0n) is 12.3. The first kappa shape index (κ1) is 15.1. The second kappa shape index (κ2) is 5.99. The van der Waals surface area contributed by atoms with Gasteiger partial charge >= 0.3 is 5.97 Å². The van der Waals surface area contributed by atoms with E-state index in [2.05, 4.69) is 10.3 Å². The maximum absolute atomic E-state index is 12.0. The van der Waals surface area contributed by atoms with E-state index in [1.807, 2.05) is 30.5 Å². The lowest BCUT2D eigenvalue weighted by atomic mass is 10.00. The molecule has 0 aliphatic heterocycles. The Morgan fingerprint density at radius 3 is 2.71 bits per heavy atom. The van der Waals surface area contributed by atoms with Gasteiger partial charge in [0, 0.05) is 29.1 Å². The highest BCUT2D eigenvalue weighted by Gasteiger charge is 2.23. The van der Waals surface area contributed by atoms with E-state index >= 15 is 0 Å². The third-order valence-corrected chi connectivity index (χ3v) is 3.37. The van der Waals surface area contributed by atoms with E-state index in [9.17, 15) is 9.59 Å². The minimum atomic E-state index is -0.920. The Bertz CT molecular complexity index is 658. The van der Waals surface area contributed by atoms with Crippen LogP contribution < -0.4 is 5.32 Å². The van der Waals surface area contributed by atoms with Gasteiger partial charge in [0.05, 0.1) is 6.42 Å². The number of aromatic nitrogens is 1. The van der Waals surface area contributed by atoms with Crippen LogP contribution in [0, 0.1) is 0 Å². The molecule has 1 aromatic carbocycles. The van der Waals surface area contributed by atoms with E-state index in [-0.39, 0.29) is 12.3 Å². The molecule has 1 aromatic heterocycles. The number of fused-ring (bicyclic) bond motifs is 1. The third kappa shape index (κ3) is 4.08. The molecule has 0 aliphatic rings. The molecule has 0 aliphatic carbocycles. The second-order valence-electron chi connectivity index (χ2n) is 5.86. The molecule has 21 heavy (non-hydrogen) atoms. The Morgan fingerprint density at radius 1 is 1.29 bits per heavy atom. The van der Waals surface area contributed by atoms with Gasteiger partial charge in [0.1, 0.15) is 0 Å². The van der Waals surface area contributed by atoms with Crippen molar-refractivity contribution in [3.05, 3.63) is 36.0 Å². The number of rotatable bonds is 6. The van der Waals surface area contributed by atoms with Crippen LogP contribution in [0.25, 0.3) is 10.9 Å². The molecule has 0 atom stereocenters. The van der Waals surface area contributed by atoms with Crippen molar-refractivity contribution in [1.29, 1.82) is 0 Å². The lowest BCUT2D eigenvalue weighted by Crippen LogP contribution is -2.45. The van der Waals surface area contributed by atoms with Gasteiger partial charge in [-0.25, -0.2) is 0 Å². The van der Waals surface area contributed by atoms with Crippen molar-refractivity contribution in [3.63, 3.8) is 0 Å². The number of carbonyl (C=O) groups excluding carboxylic acids is 1. The van der Waals surface area contributed by atoms with Gasteiger partial charge in [-0.05, 0) is 31.9 Å². The molecular weight excluding hydrogens is 268 g/mol. The summed E-state index contributed by atoms with van der Waals surface area (Å²) in [6, 6.07) is 7.95. The highest BCUT2D eigenvalue weighted by Crippen LogP contribution is 2.19. The topological polar surface area (TPSA) is 82.2 Å². The molecule has 1 heterocycles. The van der Waals surface area contributed by atoms with Crippen LogP contribution in [0.4, 0.5) is 0 Å². The summed E-state index contributed by atoms with van der Waals surface area (Å²) in [7, 11) is 0. The molecule has 0 saturated heterocycles. The quantitative estimate of drug-likeness (QED) is 0.763. The molecule has 2 rings (SSSR count). The van der Waals surface area contributed by atoms with Crippen molar-refractivity contribution in [2.24, 2.45) is 0 Å². The van der Waals surface area contributed by atoms with Crippen LogP contribution in [0.15, 0.2) is 30.5 Å². The van der Waals surface area contributed by atoms with E-state index in [1.54, 1.807) is 13.8 Å². The van der Waals surface area contributed by atoms with Crippen LogP contribution >= 0.6 is 0 Å². The number of aliphatic carboxylic acids is 1. The van der Waals surface area contributed by atoms with Crippen LogP contribution in [0.3, 0.4) is 0 Å². The Kier molecular flexibility index (Phi) is 4.31. The average molecular weight is 288 g/mol. The lowest BCUT2D eigenvalue weighted by Gasteiger charge is -2.24. The predicted molar refractivity (Wildman–Crippen MR) is 81.1 cm³/mol. The molecule has 1 amide bonds. The van der Waals surface area contributed by atoms with Gasteiger partial charge in [-0.15, -0.1) is 0 Å². The fourth-order valence-corrected chi connectivity index (χ4v) is 2.45. The van der Waals surface area contributed by atoms with Crippen molar-refractivity contribution in [2.75, 3.05) is 0 Å². The van der Waals surface area contributed by atoms with Gasteiger partial charge in [0.2, 0.25) is 5.91 Å². The van der Waals surface area contributed by atoms with E-state index < -0.39 is 11.5 Å². The smallest absolute Gasteiger partial charge is 0.305 e. The lowest BCUT2D eigenvalue weighted by molar-refractivity contribution is -0.138. The number of hydrogen-bond donors (Lipinski definition) is 3. The summed E-state index contributed by atoms with van der Waals surface area (Å²) in [5.74, 6) is -1.05. The number of carboxylic acid groups (broad SMARTS) is 1. The van der Waals surface area contributed by atoms with Gasteiger partial charge in [0.15, 0.2) is 0 Å². The number of hydrogen-bond acceptors (Lipinski definition) is 2. The third-order valence-electron chi connectivity index (χ3n) is 3.37. The Morgan fingerprint density at radius 2 is 2.00 bits per heavy atom. The van der Waals surface area contributed by atoms with Crippen LogP contribution in [0.1, 0.15) is 32.3 Å². The number of amides is 1. The molecule has 2 aromatic rings. The first-order chi connectivity index (χ1) is 9.87. The number of carboxylic acids is 1. The van der Waals surface area contributed by atoms with Gasteiger partial charge < -0.3 is 15.4 Å². The number of H-pyrrole nitrogens is 1. The van der Waals surface area contributed by atoms with Crippen molar-refractivity contribution in [2.45, 2.75) is 38.6 Å². The van der Waals surface area contributed by atoms with Crippen LogP contribution in [-0.2, 0) is 16.0 Å². The molecule has 5 heteroatoms. The summed E-state index contributed by atoms with van der Waals surface area (Å²) in [4.78, 5) is 25.9. The molecule has 0 bridgehead atoms. The van der Waals surface area contributed by atoms with Crippen LogP contribution in [0.2, 0.25) is 0 Å². The highest BCUT2D eigenvalue weighted by molar-refractivity contribution is 5.84. The molecule has 5 nitrogen and oxygen atoms in total. The molecule has 0 radical (unpaired) electrons. The maximum atomic E-state index is 12.0. The number of aromatic amines is 1. The van der Waals surface area contributed by atoms with E-state index in [4.69, 9.17) is 5.11 Å². The SMILES string of the molecule is CC(C)(CC(=O)O)NC(=O)CCc1c[nH]c2ccccc12. The number of nitrogens with one attached hydrogen (secondary N) is 2. The van der Waals surface area contributed by atoms with Crippen LogP contribution in [-0.4, -0.2) is 27.5 Å². The minimum Gasteiger partial charge on any atom is -0.481 e. The van der Waals surface area contributed by atoms with Gasteiger partial charge in [-0.3, -0.25) is 9.59 Å². The summed E-state index contributed by atoms with van der Waals surface area (Å²) < 4.78 is 0. The first-order valence-corrected chi connectivity index (χ1v) is 6.95. The van der Waals surface area contributed by atoms with Crippen molar-refractivity contribution < 1.29 is 14.7 Å². The molecule has 0 fully saturated rings. The fourth-order valence-electron chi connectivity index (χ4n) is 2.45. The summed E-state index contributed by atoms with van der Waals surface area (Å²) in [6.07, 6.45) is 2.79. The van der Waals surface area contributed by atoms with Gasteiger partial charge in [-0.1, -0.05) is 18.2 Å². The molecule has 112 valence electrons. The summed E-state index contributed by atoms with van der Waals surface area (Å²) in [5, 5.41) is 12.7. The number of aryl methyl sites for hydroxylation is 1. The average Bonchev–Trinajstić information content (AvgIpc) is 2.77. The van der Waals surface area contributed by atoms with Gasteiger partial charge in [-0.2, -0.15) is 0 Å². The summed E-state index contributed by atoms with van der Waals surface area (Å²) in [5.41, 5.74) is 1.42. The molecular formula is C16H20N2O3. The van der Waals surface area contributed by atoms with Gasteiger partial charge in [0.25, 0.3) is 0 Å².